The number of nitrogens with one attached hydrogen (secondary N) is 2. The molecule has 19 heavy (non-hydrogen) atoms. The van der Waals surface area contributed by atoms with Crippen LogP contribution < -0.4 is 20.1 Å². The molecule has 0 amide bonds. The molecule has 2 N–H and O–H groups in total. The predicted molar refractivity (Wildman–Crippen MR) is 79.9 cm³/mol. The van der Waals surface area contributed by atoms with E-state index in [1.54, 1.807) is 6.08 Å². The summed E-state index contributed by atoms with van der Waals surface area (Å²) in [5, 5.41) is 6.82. The minimum Gasteiger partial charge on any atom is -0.486 e. The summed E-state index contributed by atoms with van der Waals surface area (Å²) in [6.07, 6.45) is 2.65. The van der Waals surface area contributed by atoms with Crippen molar-refractivity contribution in [3.63, 3.8) is 0 Å². The minimum absolute atomic E-state index is 0.615. The molecule has 102 valence electrons. The van der Waals surface area contributed by atoms with E-state index in [-0.39, 0.29) is 0 Å². The van der Waals surface area contributed by atoms with Crippen LogP contribution in [0.25, 0.3) is 0 Å². The second-order valence-corrected chi connectivity index (χ2v) is 4.56. The van der Waals surface area contributed by atoms with Crippen LogP contribution in [0.4, 0.5) is 0 Å². The molecular weight excluding hydrogens is 260 g/mol. The second-order valence-electron chi connectivity index (χ2n) is 4.15. The first kappa shape index (κ1) is 13.7. The molecule has 1 aromatic carbocycles. The largest absolute Gasteiger partial charge is 0.486 e. The van der Waals surface area contributed by atoms with Gasteiger partial charge in [-0.25, -0.2) is 0 Å². The van der Waals surface area contributed by atoms with Crippen LogP contribution in [0.3, 0.4) is 0 Å². The Hall–Kier alpha value is -1.75. The Bertz CT molecular complexity index is 463. The molecule has 0 unspecified atom stereocenters. The molecule has 0 bridgehead atoms. The SMILES string of the molecule is C=CCNC(=S)NCCc1ccc2c(c1)OCCO2. The molecule has 0 aliphatic carbocycles. The summed E-state index contributed by atoms with van der Waals surface area (Å²) >= 11 is 5.12. The van der Waals surface area contributed by atoms with Gasteiger partial charge in [-0.1, -0.05) is 12.1 Å². The van der Waals surface area contributed by atoms with Crippen molar-refractivity contribution in [1.29, 1.82) is 0 Å². The molecule has 1 heterocycles. The van der Waals surface area contributed by atoms with Crippen molar-refractivity contribution in [2.75, 3.05) is 26.3 Å². The molecule has 0 saturated carbocycles. The fourth-order valence-electron chi connectivity index (χ4n) is 1.79. The van der Waals surface area contributed by atoms with Crippen LogP contribution in [0.2, 0.25) is 0 Å². The molecule has 0 atom stereocenters. The standard InChI is InChI=1S/C14H18N2O2S/c1-2-6-15-14(19)16-7-5-11-3-4-12-13(10-11)18-9-8-17-12/h2-4,10H,1,5-9H2,(H2,15,16,19). The molecule has 5 heteroatoms. The van der Waals surface area contributed by atoms with Gasteiger partial charge in [0.25, 0.3) is 0 Å². The Balaban J connectivity index is 1.80. The maximum absolute atomic E-state index is 5.55. The van der Waals surface area contributed by atoms with Gasteiger partial charge in [0, 0.05) is 13.1 Å². The van der Waals surface area contributed by atoms with E-state index in [1.165, 1.54) is 5.56 Å². The Morgan fingerprint density at radius 1 is 1.26 bits per heavy atom. The fraction of sp³-hybridized carbons (Fsp3) is 0.357. The van der Waals surface area contributed by atoms with Gasteiger partial charge in [-0.3, -0.25) is 0 Å². The summed E-state index contributed by atoms with van der Waals surface area (Å²) in [7, 11) is 0. The van der Waals surface area contributed by atoms with E-state index in [9.17, 15) is 0 Å². The quantitative estimate of drug-likeness (QED) is 0.633. The molecule has 2 rings (SSSR count). The topological polar surface area (TPSA) is 42.5 Å². The summed E-state index contributed by atoms with van der Waals surface area (Å²) < 4.78 is 11.0. The Morgan fingerprint density at radius 2 is 2.05 bits per heavy atom. The third-order valence-electron chi connectivity index (χ3n) is 2.71. The molecule has 0 aromatic heterocycles. The van der Waals surface area contributed by atoms with Gasteiger partial charge in [0.2, 0.25) is 0 Å². The molecule has 1 aliphatic rings. The van der Waals surface area contributed by atoms with E-state index in [0.29, 0.717) is 24.9 Å². The highest BCUT2D eigenvalue weighted by atomic mass is 32.1. The zero-order valence-corrected chi connectivity index (χ0v) is 11.6. The average molecular weight is 278 g/mol. The lowest BCUT2D eigenvalue weighted by molar-refractivity contribution is 0.171. The number of ether oxygens (including phenoxy) is 2. The summed E-state index contributed by atoms with van der Waals surface area (Å²) in [4.78, 5) is 0. The van der Waals surface area contributed by atoms with Crippen molar-refractivity contribution in [2.24, 2.45) is 0 Å². The second kappa shape index (κ2) is 6.99. The first-order chi connectivity index (χ1) is 9.29. The minimum atomic E-state index is 0.615. The van der Waals surface area contributed by atoms with Crippen molar-refractivity contribution < 1.29 is 9.47 Å². The van der Waals surface area contributed by atoms with Gasteiger partial charge in [-0.2, -0.15) is 0 Å². The Labute approximate surface area is 118 Å². The third kappa shape index (κ3) is 4.13. The Kier molecular flexibility index (Phi) is 5.03. The van der Waals surface area contributed by atoms with Gasteiger partial charge in [0.15, 0.2) is 16.6 Å². The Morgan fingerprint density at radius 3 is 2.84 bits per heavy atom. The van der Waals surface area contributed by atoms with Crippen LogP contribution in [0.1, 0.15) is 5.56 Å². The van der Waals surface area contributed by atoms with E-state index in [1.807, 2.05) is 12.1 Å². The maximum atomic E-state index is 5.55. The molecule has 0 spiro atoms. The van der Waals surface area contributed by atoms with Crippen LogP contribution in [-0.4, -0.2) is 31.4 Å². The van der Waals surface area contributed by atoms with E-state index in [2.05, 4.69) is 23.3 Å². The van der Waals surface area contributed by atoms with E-state index in [4.69, 9.17) is 21.7 Å². The van der Waals surface area contributed by atoms with Crippen molar-refractivity contribution in [3.05, 3.63) is 36.4 Å². The van der Waals surface area contributed by atoms with Gasteiger partial charge in [-0.05, 0) is 36.3 Å². The van der Waals surface area contributed by atoms with Gasteiger partial charge in [0.1, 0.15) is 13.2 Å². The number of hydrogen-bond donors (Lipinski definition) is 2. The highest BCUT2D eigenvalue weighted by Crippen LogP contribution is 2.30. The predicted octanol–water partition coefficient (Wildman–Crippen LogP) is 1.65. The highest BCUT2D eigenvalue weighted by molar-refractivity contribution is 7.80. The zero-order chi connectivity index (χ0) is 13.5. The van der Waals surface area contributed by atoms with Crippen molar-refractivity contribution in [3.8, 4) is 11.5 Å². The number of hydrogen-bond acceptors (Lipinski definition) is 3. The van der Waals surface area contributed by atoms with Crippen molar-refractivity contribution >= 4 is 17.3 Å². The van der Waals surface area contributed by atoms with Gasteiger partial charge >= 0.3 is 0 Å². The van der Waals surface area contributed by atoms with E-state index < -0.39 is 0 Å². The van der Waals surface area contributed by atoms with Crippen molar-refractivity contribution in [2.45, 2.75) is 6.42 Å². The number of fused-ring (bicyclic) bond motifs is 1. The highest BCUT2D eigenvalue weighted by Gasteiger charge is 2.11. The maximum Gasteiger partial charge on any atom is 0.166 e. The molecule has 4 nitrogen and oxygen atoms in total. The first-order valence-electron chi connectivity index (χ1n) is 6.30. The third-order valence-corrected chi connectivity index (χ3v) is 3.00. The lowest BCUT2D eigenvalue weighted by atomic mass is 10.1. The average Bonchev–Trinajstić information content (AvgIpc) is 2.45. The van der Waals surface area contributed by atoms with Gasteiger partial charge in [-0.15, -0.1) is 6.58 Å². The molecule has 1 aromatic rings. The molecule has 0 saturated heterocycles. The van der Waals surface area contributed by atoms with Crippen molar-refractivity contribution in [1.82, 2.24) is 10.6 Å². The summed E-state index contributed by atoms with van der Waals surface area (Å²) in [5.41, 5.74) is 1.20. The van der Waals surface area contributed by atoms with Crippen LogP contribution in [0.15, 0.2) is 30.9 Å². The molecule has 1 aliphatic heterocycles. The van der Waals surface area contributed by atoms with E-state index >= 15 is 0 Å². The fourth-order valence-corrected chi connectivity index (χ4v) is 1.98. The molecule has 0 radical (unpaired) electrons. The smallest absolute Gasteiger partial charge is 0.166 e. The normalized spacial score (nSPS) is 12.6. The molecular formula is C14H18N2O2S. The van der Waals surface area contributed by atoms with Crippen LogP contribution in [0, 0.1) is 0 Å². The number of rotatable bonds is 5. The zero-order valence-electron chi connectivity index (χ0n) is 10.8. The molecule has 0 fully saturated rings. The number of benzene rings is 1. The first-order valence-corrected chi connectivity index (χ1v) is 6.71. The van der Waals surface area contributed by atoms with Gasteiger partial charge < -0.3 is 20.1 Å². The van der Waals surface area contributed by atoms with Gasteiger partial charge in [0.05, 0.1) is 0 Å². The summed E-state index contributed by atoms with van der Waals surface area (Å²) in [6, 6.07) is 6.03. The van der Waals surface area contributed by atoms with Crippen LogP contribution in [-0.2, 0) is 6.42 Å². The lowest BCUT2D eigenvalue weighted by Crippen LogP contribution is -2.36. The lowest BCUT2D eigenvalue weighted by Gasteiger charge is -2.19. The van der Waals surface area contributed by atoms with E-state index in [0.717, 1.165) is 24.5 Å². The summed E-state index contributed by atoms with van der Waals surface area (Å²) in [6.45, 7) is 6.32. The van der Waals surface area contributed by atoms with Crippen LogP contribution >= 0.6 is 12.2 Å². The van der Waals surface area contributed by atoms with Crippen LogP contribution in [0.5, 0.6) is 11.5 Å². The number of thiocarbonyl (C=S) groups is 1. The monoisotopic (exact) mass is 278 g/mol. The summed E-state index contributed by atoms with van der Waals surface area (Å²) in [5.74, 6) is 1.65.